The first-order valence-corrected chi connectivity index (χ1v) is 9.98. The van der Waals surface area contributed by atoms with Gasteiger partial charge in [-0.15, -0.1) is 11.3 Å². The number of amides is 4. The number of carbonyl (C=O) groups excluding carboxylic acids is 3. The van der Waals surface area contributed by atoms with E-state index >= 15 is 0 Å². The van der Waals surface area contributed by atoms with E-state index in [1.165, 1.54) is 4.88 Å². The van der Waals surface area contributed by atoms with Crippen LogP contribution in [0.25, 0.3) is 0 Å². The first kappa shape index (κ1) is 16.6. The predicted octanol–water partition coefficient (Wildman–Crippen LogP) is 2.23. The summed E-state index contributed by atoms with van der Waals surface area (Å²) < 4.78 is 0. The molecule has 1 aromatic rings. The van der Waals surface area contributed by atoms with Gasteiger partial charge in [-0.25, -0.2) is 4.79 Å². The number of urea groups is 1. The molecule has 2 saturated heterocycles. The second kappa shape index (κ2) is 6.44. The number of aryl methyl sites for hydroxylation is 1. The summed E-state index contributed by atoms with van der Waals surface area (Å²) in [5, 5.41) is 4.88. The van der Waals surface area contributed by atoms with Gasteiger partial charge < -0.3 is 10.2 Å². The zero-order valence-corrected chi connectivity index (χ0v) is 15.1. The molecule has 0 saturated carbocycles. The van der Waals surface area contributed by atoms with Crippen LogP contribution in [-0.2, 0) is 21.5 Å². The van der Waals surface area contributed by atoms with Gasteiger partial charge in [0, 0.05) is 23.5 Å². The standard InChI is InChI=1S/C18H23N3O3S/c22-15(20-9-3-1-2-4-10-20)12-21-16(23)18(19-17(21)24)8-5-6-14-13(18)7-11-25-14/h7,11H,1-6,8-10,12H2,(H,19,24)/t18-/m0/s1. The fraction of sp³-hybridized carbons (Fsp3) is 0.611. The fourth-order valence-corrected chi connectivity index (χ4v) is 5.24. The van der Waals surface area contributed by atoms with Crippen LogP contribution in [0.1, 0.15) is 49.0 Å². The molecule has 4 amide bonds. The predicted molar refractivity (Wildman–Crippen MR) is 94.2 cm³/mol. The molecule has 0 unspecified atom stereocenters. The number of hydrogen-bond acceptors (Lipinski definition) is 4. The van der Waals surface area contributed by atoms with Crippen LogP contribution in [0.3, 0.4) is 0 Å². The normalized spacial score (nSPS) is 26.6. The zero-order valence-electron chi connectivity index (χ0n) is 14.3. The lowest BCUT2D eigenvalue weighted by Gasteiger charge is -2.31. The molecule has 1 spiro atoms. The van der Waals surface area contributed by atoms with Gasteiger partial charge in [0.1, 0.15) is 12.1 Å². The van der Waals surface area contributed by atoms with Crippen molar-refractivity contribution in [2.24, 2.45) is 0 Å². The molecule has 1 aromatic heterocycles. The van der Waals surface area contributed by atoms with E-state index < -0.39 is 11.6 Å². The van der Waals surface area contributed by atoms with E-state index in [9.17, 15) is 14.4 Å². The number of carbonyl (C=O) groups is 3. The average molecular weight is 361 g/mol. The Labute approximate surface area is 151 Å². The van der Waals surface area contributed by atoms with E-state index in [-0.39, 0.29) is 18.4 Å². The molecule has 7 heteroatoms. The number of imide groups is 1. The fourth-order valence-electron chi connectivity index (χ4n) is 4.24. The van der Waals surface area contributed by atoms with Gasteiger partial charge in [0.15, 0.2) is 0 Å². The quantitative estimate of drug-likeness (QED) is 0.822. The highest BCUT2D eigenvalue weighted by Crippen LogP contribution is 2.42. The molecule has 3 heterocycles. The Kier molecular flexibility index (Phi) is 4.27. The highest BCUT2D eigenvalue weighted by Gasteiger charge is 2.54. The van der Waals surface area contributed by atoms with Crippen molar-refractivity contribution in [3.63, 3.8) is 0 Å². The minimum Gasteiger partial charge on any atom is -0.341 e. The number of rotatable bonds is 2. The number of fused-ring (bicyclic) bond motifs is 2. The zero-order chi connectivity index (χ0) is 17.4. The summed E-state index contributed by atoms with van der Waals surface area (Å²) in [6, 6.07) is 1.50. The molecular formula is C18H23N3O3S. The Bertz CT molecular complexity index is 708. The van der Waals surface area contributed by atoms with Gasteiger partial charge in [-0.2, -0.15) is 0 Å². The molecule has 1 atom stereocenters. The third-order valence-corrected chi connectivity index (χ3v) is 6.57. The van der Waals surface area contributed by atoms with Gasteiger partial charge in [0.2, 0.25) is 5.91 Å². The second-order valence-corrected chi connectivity index (χ2v) is 8.13. The number of hydrogen-bond donors (Lipinski definition) is 1. The van der Waals surface area contributed by atoms with Crippen molar-refractivity contribution >= 4 is 29.2 Å². The Morgan fingerprint density at radius 2 is 1.92 bits per heavy atom. The largest absolute Gasteiger partial charge is 0.341 e. The topological polar surface area (TPSA) is 69.7 Å². The summed E-state index contributed by atoms with van der Waals surface area (Å²) in [4.78, 5) is 42.3. The van der Waals surface area contributed by atoms with E-state index in [2.05, 4.69) is 5.32 Å². The molecule has 2 fully saturated rings. The van der Waals surface area contributed by atoms with E-state index in [0.29, 0.717) is 6.42 Å². The molecule has 6 nitrogen and oxygen atoms in total. The summed E-state index contributed by atoms with van der Waals surface area (Å²) in [6.07, 6.45) is 6.68. The maximum Gasteiger partial charge on any atom is 0.325 e. The first-order valence-electron chi connectivity index (χ1n) is 9.10. The number of nitrogens with zero attached hydrogens (tertiary/aromatic N) is 2. The minimum atomic E-state index is -0.955. The van der Waals surface area contributed by atoms with Crippen molar-refractivity contribution < 1.29 is 14.4 Å². The third kappa shape index (κ3) is 2.74. The van der Waals surface area contributed by atoms with Gasteiger partial charge in [-0.05, 0) is 43.6 Å². The van der Waals surface area contributed by atoms with E-state index in [0.717, 1.165) is 62.1 Å². The lowest BCUT2D eigenvalue weighted by Crippen LogP contribution is -2.47. The highest BCUT2D eigenvalue weighted by molar-refractivity contribution is 7.10. The maximum absolute atomic E-state index is 13.1. The highest BCUT2D eigenvalue weighted by atomic mass is 32.1. The molecule has 2 aliphatic heterocycles. The van der Waals surface area contributed by atoms with Crippen LogP contribution in [0.5, 0.6) is 0 Å². The third-order valence-electron chi connectivity index (χ3n) is 5.59. The van der Waals surface area contributed by atoms with Gasteiger partial charge in [0.25, 0.3) is 5.91 Å². The van der Waals surface area contributed by atoms with E-state index in [1.807, 2.05) is 11.4 Å². The van der Waals surface area contributed by atoms with Crippen molar-refractivity contribution in [3.05, 3.63) is 21.9 Å². The molecule has 4 rings (SSSR count). The molecule has 3 aliphatic rings. The Balaban J connectivity index is 1.54. The lowest BCUT2D eigenvalue weighted by atomic mass is 9.80. The molecule has 0 aromatic carbocycles. The molecule has 134 valence electrons. The van der Waals surface area contributed by atoms with Crippen molar-refractivity contribution in [2.45, 2.75) is 50.5 Å². The molecule has 1 aliphatic carbocycles. The summed E-state index contributed by atoms with van der Waals surface area (Å²) in [6.45, 7) is 1.30. The monoisotopic (exact) mass is 361 g/mol. The van der Waals surface area contributed by atoms with Crippen LogP contribution in [0.2, 0.25) is 0 Å². The average Bonchev–Trinajstić information content (AvgIpc) is 3.04. The maximum atomic E-state index is 13.1. The van der Waals surface area contributed by atoms with Gasteiger partial charge in [-0.1, -0.05) is 12.8 Å². The summed E-state index contributed by atoms with van der Waals surface area (Å²) in [5.41, 5.74) is -0.0316. The summed E-state index contributed by atoms with van der Waals surface area (Å²) >= 11 is 1.63. The first-order chi connectivity index (χ1) is 12.1. The molecule has 0 radical (unpaired) electrons. The summed E-state index contributed by atoms with van der Waals surface area (Å²) in [5.74, 6) is -0.385. The minimum absolute atomic E-state index is 0.121. The van der Waals surface area contributed by atoms with Crippen molar-refractivity contribution in [1.29, 1.82) is 0 Å². The SMILES string of the molecule is O=C(CN1C(=O)N[C@]2(CCCc3sccc32)C1=O)N1CCCCCC1. The molecule has 1 N–H and O–H groups in total. The van der Waals surface area contributed by atoms with Gasteiger partial charge in [0.05, 0.1) is 0 Å². The van der Waals surface area contributed by atoms with Crippen LogP contribution in [0, 0.1) is 0 Å². The Morgan fingerprint density at radius 3 is 2.68 bits per heavy atom. The second-order valence-electron chi connectivity index (χ2n) is 7.13. The lowest BCUT2D eigenvalue weighted by molar-refractivity contribution is -0.139. The Hall–Kier alpha value is -1.89. The molecule has 25 heavy (non-hydrogen) atoms. The van der Waals surface area contributed by atoms with Crippen LogP contribution < -0.4 is 5.32 Å². The molecule has 0 bridgehead atoms. The van der Waals surface area contributed by atoms with Crippen LogP contribution in [0.15, 0.2) is 11.4 Å². The van der Waals surface area contributed by atoms with Gasteiger partial charge in [-0.3, -0.25) is 14.5 Å². The van der Waals surface area contributed by atoms with Crippen molar-refractivity contribution in [3.8, 4) is 0 Å². The van der Waals surface area contributed by atoms with Crippen LogP contribution in [-0.4, -0.2) is 47.3 Å². The Morgan fingerprint density at radius 1 is 1.16 bits per heavy atom. The van der Waals surface area contributed by atoms with E-state index in [4.69, 9.17) is 0 Å². The van der Waals surface area contributed by atoms with Crippen LogP contribution >= 0.6 is 11.3 Å². The molecular weight excluding hydrogens is 338 g/mol. The van der Waals surface area contributed by atoms with Crippen LogP contribution in [0.4, 0.5) is 4.79 Å². The van der Waals surface area contributed by atoms with Crippen molar-refractivity contribution in [1.82, 2.24) is 15.1 Å². The smallest absolute Gasteiger partial charge is 0.325 e. The number of likely N-dealkylation sites (tertiary alicyclic amines) is 1. The van der Waals surface area contributed by atoms with Gasteiger partial charge >= 0.3 is 6.03 Å². The summed E-state index contributed by atoms with van der Waals surface area (Å²) in [7, 11) is 0. The number of nitrogens with one attached hydrogen (secondary N) is 1. The van der Waals surface area contributed by atoms with Crippen molar-refractivity contribution in [2.75, 3.05) is 19.6 Å². The van der Waals surface area contributed by atoms with E-state index in [1.54, 1.807) is 16.2 Å². The number of thiophene rings is 1.